The summed E-state index contributed by atoms with van der Waals surface area (Å²) in [5, 5.41) is 9.24. The Kier molecular flexibility index (Phi) is 3.59. The van der Waals surface area contributed by atoms with Crippen molar-refractivity contribution in [3.63, 3.8) is 0 Å². The van der Waals surface area contributed by atoms with Crippen molar-refractivity contribution in [3.8, 4) is 0 Å². The number of nitrogens with two attached hydrogens (primary N) is 1. The molecule has 0 aliphatic heterocycles. The summed E-state index contributed by atoms with van der Waals surface area (Å²) in [6.45, 7) is 0. The lowest BCUT2D eigenvalue weighted by Crippen LogP contribution is -2.06. The molecule has 21 heavy (non-hydrogen) atoms. The molecule has 1 aliphatic carbocycles. The molecule has 0 saturated heterocycles. The molecule has 0 atom stereocenters. The first kappa shape index (κ1) is 13.9. The van der Waals surface area contributed by atoms with Crippen molar-refractivity contribution >= 4 is 23.4 Å². The van der Waals surface area contributed by atoms with E-state index in [-0.39, 0.29) is 11.3 Å². The average molecular weight is 303 g/mol. The minimum atomic E-state index is -1.21. The maximum Gasteiger partial charge on any atom is 0.339 e. The number of hydrogen-bond acceptors (Lipinski definition) is 3. The Morgan fingerprint density at radius 2 is 1.95 bits per heavy atom. The molecule has 3 rings (SSSR count). The third-order valence-electron chi connectivity index (χ3n) is 3.67. The predicted molar refractivity (Wildman–Crippen MR) is 80.4 cm³/mol. The molecule has 3 N–H and O–H groups in total. The van der Waals surface area contributed by atoms with Crippen LogP contribution in [0.1, 0.15) is 27.9 Å². The molecule has 108 valence electrons. The van der Waals surface area contributed by atoms with Gasteiger partial charge in [0.1, 0.15) is 5.82 Å². The molecule has 5 heteroatoms. The number of rotatable bonds is 3. The minimum Gasteiger partial charge on any atom is -0.478 e. The van der Waals surface area contributed by atoms with Gasteiger partial charge in [0, 0.05) is 9.79 Å². The number of nitrogen functional groups attached to an aromatic ring is 1. The number of carbonyl (C=O) groups is 1. The molecular weight excluding hydrogens is 289 g/mol. The van der Waals surface area contributed by atoms with Gasteiger partial charge in [0.25, 0.3) is 0 Å². The second kappa shape index (κ2) is 5.41. The van der Waals surface area contributed by atoms with E-state index in [2.05, 4.69) is 12.1 Å². The first-order valence-electron chi connectivity index (χ1n) is 6.67. The molecule has 2 aromatic carbocycles. The molecule has 1 aliphatic rings. The summed E-state index contributed by atoms with van der Waals surface area (Å²) >= 11 is 1.30. The number of anilines is 1. The van der Waals surface area contributed by atoms with E-state index in [4.69, 9.17) is 5.73 Å². The second-order valence-electron chi connectivity index (χ2n) is 5.03. The van der Waals surface area contributed by atoms with Crippen LogP contribution in [0.4, 0.5) is 10.1 Å². The van der Waals surface area contributed by atoms with Crippen LogP contribution in [-0.2, 0) is 12.8 Å². The van der Waals surface area contributed by atoms with Crippen LogP contribution < -0.4 is 5.73 Å². The quantitative estimate of drug-likeness (QED) is 0.848. The van der Waals surface area contributed by atoms with Gasteiger partial charge in [-0.05, 0) is 54.7 Å². The van der Waals surface area contributed by atoms with Crippen LogP contribution in [0.5, 0.6) is 0 Å². The Morgan fingerprint density at radius 1 is 1.19 bits per heavy atom. The lowest BCUT2D eigenvalue weighted by Gasteiger charge is -2.10. The standard InChI is InChI=1S/C16H14FNO2S/c17-12-6-7-13(14(15(12)18)16(19)20)21-11-5-4-9-2-1-3-10(9)8-11/h4-8H,1-3,18H2,(H,19,20). The van der Waals surface area contributed by atoms with Crippen LogP contribution in [-0.4, -0.2) is 11.1 Å². The summed E-state index contributed by atoms with van der Waals surface area (Å²) in [4.78, 5) is 12.7. The normalized spacial score (nSPS) is 13.2. The number of aryl methyl sites for hydroxylation is 2. The van der Waals surface area contributed by atoms with Gasteiger partial charge in [0.05, 0.1) is 11.3 Å². The predicted octanol–water partition coefficient (Wildman–Crippen LogP) is 3.75. The Balaban J connectivity index is 1.98. The fourth-order valence-corrected chi connectivity index (χ4v) is 3.65. The topological polar surface area (TPSA) is 63.3 Å². The van der Waals surface area contributed by atoms with Crippen molar-refractivity contribution in [3.05, 3.63) is 52.8 Å². The number of halogens is 1. The zero-order chi connectivity index (χ0) is 15.0. The van der Waals surface area contributed by atoms with Gasteiger partial charge < -0.3 is 10.8 Å². The van der Waals surface area contributed by atoms with E-state index in [1.165, 1.54) is 35.0 Å². The zero-order valence-corrected chi connectivity index (χ0v) is 12.0. The SMILES string of the molecule is Nc1c(F)ccc(Sc2ccc3c(c2)CCC3)c1C(=O)O. The highest BCUT2D eigenvalue weighted by atomic mass is 32.2. The van der Waals surface area contributed by atoms with Crippen molar-refractivity contribution in [1.29, 1.82) is 0 Å². The molecule has 0 radical (unpaired) electrons. The van der Waals surface area contributed by atoms with Crippen LogP contribution in [0, 0.1) is 5.82 Å². The fourth-order valence-electron chi connectivity index (χ4n) is 2.62. The molecule has 0 saturated carbocycles. The second-order valence-corrected chi connectivity index (χ2v) is 6.14. The molecule has 0 bridgehead atoms. The van der Waals surface area contributed by atoms with Gasteiger partial charge in [-0.15, -0.1) is 0 Å². The fraction of sp³-hybridized carbons (Fsp3) is 0.188. The largest absolute Gasteiger partial charge is 0.478 e. The van der Waals surface area contributed by atoms with Crippen molar-refractivity contribution in [2.75, 3.05) is 5.73 Å². The van der Waals surface area contributed by atoms with Crippen LogP contribution in [0.2, 0.25) is 0 Å². The highest BCUT2D eigenvalue weighted by Gasteiger charge is 2.19. The van der Waals surface area contributed by atoms with E-state index in [1.54, 1.807) is 0 Å². The van der Waals surface area contributed by atoms with Gasteiger partial charge in [0.2, 0.25) is 0 Å². The zero-order valence-electron chi connectivity index (χ0n) is 11.2. The van der Waals surface area contributed by atoms with Gasteiger partial charge in [0.15, 0.2) is 0 Å². The van der Waals surface area contributed by atoms with Crippen LogP contribution >= 0.6 is 11.8 Å². The van der Waals surface area contributed by atoms with E-state index in [9.17, 15) is 14.3 Å². The molecule has 0 aromatic heterocycles. The number of hydrogen-bond donors (Lipinski definition) is 2. The highest BCUT2D eigenvalue weighted by Crippen LogP contribution is 2.36. The smallest absolute Gasteiger partial charge is 0.339 e. The minimum absolute atomic E-state index is 0.166. The maximum absolute atomic E-state index is 13.4. The third kappa shape index (κ3) is 2.61. The van der Waals surface area contributed by atoms with E-state index in [0.29, 0.717) is 4.90 Å². The first-order chi connectivity index (χ1) is 10.1. The highest BCUT2D eigenvalue weighted by molar-refractivity contribution is 7.99. The summed E-state index contributed by atoms with van der Waals surface area (Å²) in [6, 6.07) is 8.81. The van der Waals surface area contributed by atoms with Crippen LogP contribution in [0.3, 0.4) is 0 Å². The molecule has 0 fully saturated rings. The molecule has 2 aromatic rings. The number of benzene rings is 2. The van der Waals surface area contributed by atoms with Gasteiger partial charge >= 0.3 is 5.97 Å². The lowest BCUT2D eigenvalue weighted by atomic mass is 10.1. The summed E-state index contributed by atoms with van der Waals surface area (Å²) in [5.41, 5.74) is 7.75. The van der Waals surface area contributed by atoms with Crippen molar-refractivity contribution in [2.45, 2.75) is 29.1 Å². The monoisotopic (exact) mass is 303 g/mol. The number of aromatic carboxylic acids is 1. The number of fused-ring (bicyclic) bond motifs is 1. The van der Waals surface area contributed by atoms with Crippen LogP contribution in [0.15, 0.2) is 40.1 Å². The Hall–Kier alpha value is -2.01. The van der Waals surface area contributed by atoms with E-state index < -0.39 is 11.8 Å². The Labute approximate surface area is 126 Å². The molecule has 3 nitrogen and oxygen atoms in total. The first-order valence-corrected chi connectivity index (χ1v) is 7.49. The summed E-state index contributed by atoms with van der Waals surface area (Å²) < 4.78 is 13.4. The number of carboxylic acid groups (broad SMARTS) is 1. The Morgan fingerprint density at radius 3 is 2.71 bits per heavy atom. The number of carboxylic acids is 1. The summed E-state index contributed by atoms with van der Waals surface area (Å²) in [6.07, 6.45) is 3.32. The molecule has 0 heterocycles. The van der Waals surface area contributed by atoms with Gasteiger partial charge in [-0.1, -0.05) is 17.8 Å². The van der Waals surface area contributed by atoms with E-state index >= 15 is 0 Å². The maximum atomic E-state index is 13.4. The molecule has 0 spiro atoms. The summed E-state index contributed by atoms with van der Waals surface area (Å²) in [5.74, 6) is -1.92. The summed E-state index contributed by atoms with van der Waals surface area (Å²) in [7, 11) is 0. The van der Waals surface area contributed by atoms with Gasteiger partial charge in [-0.3, -0.25) is 0 Å². The third-order valence-corrected chi connectivity index (χ3v) is 4.72. The molecular formula is C16H14FNO2S. The lowest BCUT2D eigenvalue weighted by molar-refractivity contribution is 0.0694. The van der Waals surface area contributed by atoms with Crippen molar-refractivity contribution in [1.82, 2.24) is 0 Å². The van der Waals surface area contributed by atoms with E-state index in [0.717, 1.165) is 24.2 Å². The molecule has 0 amide bonds. The van der Waals surface area contributed by atoms with Gasteiger partial charge in [-0.25, -0.2) is 9.18 Å². The van der Waals surface area contributed by atoms with Gasteiger partial charge in [-0.2, -0.15) is 0 Å². The Bertz CT molecular complexity index is 730. The van der Waals surface area contributed by atoms with Crippen LogP contribution in [0.25, 0.3) is 0 Å². The van der Waals surface area contributed by atoms with E-state index in [1.807, 2.05) is 6.07 Å². The molecule has 0 unspecified atom stereocenters. The average Bonchev–Trinajstić information content (AvgIpc) is 2.90. The van der Waals surface area contributed by atoms with Crippen molar-refractivity contribution < 1.29 is 14.3 Å². The van der Waals surface area contributed by atoms with Crippen molar-refractivity contribution in [2.24, 2.45) is 0 Å².